The Bertz CT molecular complexity index is 689. The lowest BCUT2D eigenvalue weighted by atomic mass is 10.2. The molecule has 1 aromatic heterocycles. The van der Waals surface area contributed by atoms with Crippen molar-refractivity contribution in [2.45, 2.75) is 36.2 Å². The van der Waals surface area contributed by atoms with E-state index < -0.39 is 0 Å². The van der Waals surface area contributed by atoms with Gasteiger partial charge in [0.2, 0.25) is 5.16 Å². The molecule has 8 heteroatoms. The molecule has 22 heavy (non-hydrogen) atoms. The van der Waals surface area contributed by atoms with Crippen molar-refractivity contribution in [2.75, 3.05) is 13.2 Å². The Morgan fingerprint density at radius 3 is 3.00 bits per heavy atom. The van der Waals surface area contributed by atoms with Crippen molar-refractivity contribution in [2.24, 2.45) is 0 Å². The van der Waals surface area contributed by atoms with Crippen LogP contribution in [0, 0.1) is 0 Å². The number of benzene rings is 1. The van der Waals surface area contributed by atoms with Crippen LogP contribution in [0.1, 0.15) is 30.9 Å². The van der Waals surface area contributed by atoms with Crippen LogP contribution in [0.4, 0.5) is 0 Å². The molecular weight excluding hydrogens is 324 g/mol. The largest absolute Gasteiger partial charge is 0.489 e. The summed E-state index contributed by atoms with van der Waals surface area (Å²) in [5, 5.41) is 13.4. The molecule has 0 atom stereocenters. The highest BCUT2D eigenvalue weighted by Gasteiger charge is 2.28. The Hall–Kier alpha value is -1.47. The van der Waals surface area contributed by atoms with Gasteiger partial charge in [-0.1, -0.05) is 23.4 Å². The lowest BCUT2D eigenvalue weighted by molar-refractivity contribution is 0.297. The highest BCUT2D eigenvalue weighted by molar-refractivity contribution is 7.98. The number of nitrogens with zero attached hydrogens (tertiary/aromatic N) is 4. The monoisotopic (exact) mass is 338 g/mol. The van der Waals surface area contributed by atoms with Crippen LogP contribution in [0.25, 0.3) is 0 Å². The van der Waals surface area contributed by atoms with E-state index in [0.29, 0.717) is 30.0 Å². The van der Waals surface area contributed by atoms with Crippen molar-refractivity contribution in [1.82, 2.24) is 20.2 Å². The first-order valence-electron chi connectivity index (χ1n) is 7.30. The van der Waals surface area contributed by atoms with Crippen LogP contribution in [0.3, 0.4) is 0 Å². The lowest BCUT2D eigenvalue weighted by Gasteiger charge is -2.11. The summed E-state index contributed by atoms with van der Waals surface area (Å²) in [6.45, 7) is 1.29. The first kappa shape index (κ1) is 14.1. The van der Waals surface area contributed by atoms with Gasteiger partial charge in [0, 0.05) is 12.2 Å². The number of aromatic nitrogens is 4. The third kappa shape index (κ3) is 2.87. The van der Waals surface area contributed by atoms with E-state index in [4.69, 9.17) is 21.1 Å². The van der Waals surface area contributed by atoms with Gasteiger partial charge in [-0.15, -0.1) is 5.10 Å². The standard InChI is InChI=1S/C14H15ClN4O2S/c15-11-6-9(7-12-13(11)21-5-1-4-20-12)8-22-14-16-17-18-19(14)10-2-3-10/h6-7,10H,1-5,8H2. The molecular formula is C14H15ClN4O2S. The molecule has 0 amide bonds. The molecule has 2 aromatic rings. The molecule has 0 spiro atoms. The summed E-state index contributed by atoms with van der Waals surface area (Å²) in [6, 6.07) is 4.39. The molecule has 1 fully saturated rings. The Morgan fingerprint density at radius 2 is 2.14 bits per heavy atom. The molecule has 2 aliphatic rings. The number of thioether (sulfide) groups is 1. The fraction of sp³-hybridized carbons (Fsp3) is 0.500. The van der Waals surface area contributed by atoms with Crippen molar-refractivity contribution in [1.29, 1.82) is 0 Å². The molecule has 116 valence electrons. The molecule has 2 heterocycles. The van der Waals surface area contributed by atoms with Crippen LogP contribution in [-0.4, -0.2) is 33.4 Å². The van der Waals surface area contributed by atoms with Crippen molar-refractivity contribution >= 4 is 23.4 Å². The molecule has 0 bridgehead atoms. The van der Waals surface area contributed by atoms with E-state index in [-0.39, 0.29) is 0 Å². The third-order valence-electron chi connectivity index (χ3n) is 3.59. The average molecular weight is 339 g/mol. The SMILES string of the molecule is Clc1cc(CSc2nnnn2C2CC2)cc2c1OCCCO2. The normalized spacial score (nSPS) is 17.3. The van der Waals surface area contributed by atoms with E-state index in [1.807, 2.05) is 16.8 Å². The summed E-state index contributed by atoms with van der Waals surface area (Å²) in [7, 11) is 0. The minimum atomic E-state index is 0.477. The molecule has 4 rings (SSSR count). The van der Waals surface area contributed by atoms with Crippen LogP contribution in [-0.2, 0) is 5.75 Å². The molecule has 0 N–H and O–H groups in total. The van der Waals surface area contributed by atoms with Gasteiger partial charge in [0.1, 0.15) is 0 Å². The molecule has 0 radical (unpaired) electrons. The zero-order chi connectivity index (χ0) is 14.9. The molecule has 6 nitrogen and oxygen atoms in total. The van der Waals surface area contributed by atoms with Crippen LogP contribution in [0.15, 0.2) is 17.3 Å². The number of halogens is 1. The molecule has 1 aromatic carbocycles. The van der Waals surface area contributed by atoms with Gasteiger partial charge in [0.15, 0.2) is 11.5 Å². The van der Waals surface area contributed by atoms with Crippen molar-refractivity contribution < 1.29 is 9.47 Å². The van der Waals surface area contributed by atoms with Crippen molar-refractivity contribution in [3.8, 4) is 11.5 Å². The molecule has 1 saturated carbocycles. The van der Waals surface area contributed by atoms with Gasteiger partial charge in [0.05, 0.1) is 24.3 Å². The Kier molecular flexibility index (Phi) is 3.83. The molecule has 1 aliphatic carbocycles. The van der Waals surface area contributed by atoms with Gasteiger partial charge >= 0.3 is 0 Å². The van der Waals surface area contributed by atoms with Gasteiger partial charge in [-0.25, -0.2) is 4.68 Å². The van der Waals surface area contributed by atoms with E-state index in [2.05, 4.69) is 15.5 Å². The van der Waals surface area contributed by atoms with Gasteiger partial charge in [0.25, 0.3) is 0 Å². The fourth-order valence-electron chi connectivity index (χ4n) is 2.34. The second-order valence-corrected chi connectivity index (χ2v) is 6.73. The summed E-state index contributed by atoms with van der Waals surface area (Å²) < 4.78 is 13.3. The first-order valence-corrected chi connectivity index (χ1v) is 8.66. The highest BCUT2D eigenvalue weighted by atomic mass is 35.5. The van der Waals surface area contributed by atoms with E-state index in [0.717, 1.165) is 41.5 Å². The van der Waals surface area contributed by atoms with Crippen LogP contribution < -0.4 is 9.47 Å². The molecule has 1 aliphatic heterocycles. The number of hydrogen-bond acceptors (Lipinski definition) is 6. The molecule has 0 saturated heterocycles. The highest BCUT2D eigenvalue weighted by Crippen LogP contribution is 2.40. The molecule has 0 unspecified atom stereocenters. The number of ether oxygens (including phenoxy) is 2. The summed E-state index contributed by atoms with van der Waals surface area (Å²) >= 11 is 7.92. The quantitative estimate of drug-likeness (QED) is 0.798. The average Bonchev–Trinajstić information content (AvgIpc) is 3.29. The minimum absolute atomic E-state index is 0.477. The second-order valence-electron chi connectivity index (χ2n) is 5.38. The third-order valence-corrected chi connectivity index (χ3v) is 4.87. The predicted octanol–water partition coefficient (Wildman–Crippen LogP) is 3.12. The zero-order valence-corrected chi connectivity index (χ0v) is 13.4. The Balaban J connectivity index is 1.52. The van der Waals surface area contributed by atoms with Gasteiger partial charge in [-0.05, 0) is 41.0 Å². The maximum Gasteiger partial charge on any atom is 0.209 e. The topological polar surface area (TPSA) is 62.1 Å². The fourth-order valence-corrected chi connectivity index (χ4v) is 3.51. The van der Waals surface area contributed by atoms with E-state index in [1.54, 1.807) is 11.8 Å². The van der Waals surface area contributed by atoms with Gasteiger partial charge in [-0.3, -0.25) is 0 Å². The van der Waals surface area contributed by atoms with E-state index in [9.17, 15) is 0 Å². The smallest absolute Gasteiger partial charge is 0.209 e. The number of rotatable bonds is 4. The summed E-state index contributed by atoms with van der Waals surface area (Å²) in [6.07, 6.45) is 3.19. The zero-order valence-electron chi connectivity index (χ0n) is 11.9. The maximum atomic E-state index is 6.31. The van der Waals surface area contributed by atoms with Crippen LogP contribution in [0.5, 0.6) is 11.5 Å². The van der Waals surface area contributed by atoms with E-state index in [1.165, 1.54) is 0 Å². The second kappa shape index (κ2) is 5.96. The number of hydrogen-bond donors (Lipinski definition) is 0. The van der Waals surface area contributed by atoms with Crippen molar-refractivity contribution in [3.05, 3.63) is 22.7 Å². The van der Waals surface area contributed by atoms with Crippen LogP contribution >= 0.6 is 23.4 Å². The van der Waals surface area contributed by atoms with Crippen LogP contribution in [0.2, 0.25) is 5.02 Å². The number of tetrazole rings is 1. The van der Waals surface area contributed by atoms with Gasteiger partial charge < -0.3 is 9.47 Å². The number of fused-ring (bicyclic) bond motifs is 1. The Labute approximate surface area is 137 Å². The summed E-state index contributed by atoms with van der Waals surface area (Å²) in [5.41, 5.74) is 1.07. The lowest BCUT2D eigenvalue weighted by Crippen LogP contribution is -1.99. The predicted molar refractivity (Wildman–Crippen MR) is 82.7 cm³/mol. The van der Waals surface area contributed by atoms with Crippen molar-refractivity contribution in [3.63, 3.8) is 0 Å². The van der Waals surface area contributed by atoms with Gasteiger partial charge in [-0.2, -0.15) is 0 Å². The van der Waals surface area contributed by atoms with E-state index >= 15 is 0 Å². The minimum Gasteiger partial charge on any atom is -0.489 e. The summed E-state index contributed by atoms with van der Waals surface area (Å²) in [5.74, 6) is 2.11. The Morgan fingerprint density at radius 1 is 1.27 bits per heavy atom. The summed E-state index contributed by atoms with van der Waals surface area (Å²) in [4.78, 5) is 0. The maximum absolute atomic E-state index is 6.31. The first-order chi connectivity index (χ1) is 10.8.